The van der Waals surface area contributed by atoms with Crippen molar-refractivity contribution in [2.45, 2.75) is 39.5 Å². The van der Waals surface area contributed by atoms with Gasteiger partial charge in [-0.3, -0.25) is 0 Å². The van der Waals surface area contributed by atoms with Crippen LogP contribution in [-0.2, 0) is 9.47 Å². The first-order valence-corrected chi connectivity index (χ1v) is 7.91. The van der Waals surface area contributed by atoms with Crippen molar-refractivity contribution in [2.75, 3.05) is 13.2 Å². The number of nitriles is 2. The second-order valence-corrected chi connectivity index (χ2v) is 5.15. The van der Waals surface area contributed by atoms with Crippen molar-refractivity contribution in [3.8, 4) is 12.1 Å². The Morgan fingerprint density at radius 3 is 1.54 bits per heavy atom. The molecule has 1 rings (SSSR count). The first-order chi connectivity index (χ1) is 11.6. The van der Waals surface area contributed by atoms with Crippen LogP contribution >= 0.6 is 0 Å². The molecule has 1 aromatic rings. The zero-order valence-electron chi connectivity index (χ0n) is 13.9. The van der Waals surface area contributed by atoms with Crippen LogP contribution in [0.25, 0.3) is 0 Å². The molecule has 0 aromatic heterocycles. The van der Waals surface area contributed by atoms with Crippen molar-refractivity contribution in [1.82, 2.24) is 0 Å². The van der Waals surface area contributed by atoms with E-state index in [1.54, 1.807) is 0 Å². The third kappa shape index (κ3) is 5.10. The molecule has 6 nitrogen and oxygen atoms in total. The molecule has 0 heterocycles. The average molecular weight is 328 g/mol. The Labute approximate surface area is 141 Å². The fourth-order valence-corrected chi connectivity index (χ4v) is 1.90. The van der Waals surface area contributed by atoms with Gasteiger partial charge in [0.1, 0.15) is 12.1 Å². The van der Waals surface area contributed by atoms with E-state index >= 15 is 0 Å². The van der Waals surface area contributed by atoms with E-state index < -0.39 is 11.9 Å². The van der Waals surface area contributed by atoms with Gasteiger partial charge in [0.2, 0.25) is 0 Å². The maximum Gasteiger partial charge on any atom is 0.339 e. The van der Waals surface area contributed by atoms with E-state index in [2.05, 4.69) is 0 Å². The van der Waals surface area contributed by atoms with Gasteiger partial charge in [0.15, 0.2) is 0 Å². The fourth-order valence-electron chi connectivity index (χ4n) is 1.90. The summed E-state index contributed by atoms with van der Waals surface area (Å²) in [5, 5.41) is 18.2. The molecule has 0 aliphatic heterocycles. The predicted molar refractivity (Wildman–Crippen MR) is 86.3 cm³/mol. The number of carbonyl (C=O) groups is 2. The van der Waals surface area contributed by atoms with Crippen LogP contribution in [0.3, 0.4) is 0 Å². The quantitative estimate of drug-likeness (QED) is 0.536. The summed E-state index contributed by atoms with van der Waals surface area (Å²) in [5.74, 6) is -1.40. The summed E-state index contributed by atoms with van der Waals surface area (Å²) in [4.78, 5) is 24.4. The van der Waals surface area contributed by atoms with Crippen LogP contribution in [0.2, 0.25) is 0 Å². The molecule has 0 aliphatic carbocycles. The largest absolute Gasteiger partial charge is 0.462 e. The number of esters is 2. The van der Waals surface area contributed by atoms with Gasteiger partial charge in [0, 0.05) is 0 Å². The Balaban J connectivity index is 3.18. The topological polar surface area (TPSA) is 100 Å². The Hall–Kier alpha value is -2.86. The molecule has 0 saturated carbocycles. The Morgan fingerprint density at radius 2 is 1.25 bits per heavy atom. The molecule has 0 atom stereocenters. The highest BCUT2D eigenvalue weighted by Gasteiger charge is 2.22. The highest BCUT2D eigenvalue weighted by atomic mass is 16.5. The Bertz CT molecular complexity index is 624. The number of ether oxygens (including phenoxy) is 2. The van der Waals surface area contributed by atoms with Crippen LogP contribution in [0, 0.1) is 22.7 Å². The van der Waals surface area contributed by atoms with Crippen molar-refractivity contribution in [3.63, 3.8) is 0 Å². The highest BCUT2D eigenvalue weighted by molar-refractivity contribution is 6.03. The van der Waals surface area contributed by atoms with Gasteiger partial charge in [-0.05, 0) is 25.0 Å². The number of carbonyl (C=O) groups excluding carboxylic acids is 2. The first-order valence-electron chi connectivity index (χ1n) is 7.91. The maximum absolute atomic E-state index is 12.2. The maximum atomic E-state index is 12.2. The number of nitrogens with zero attached hydrogens (tertiary/aromatic N) is 2. The number of unbranched alkanes of at least 4 members (excludes halogenated alkanes) is 2. The number of benzene rings is 1. The summed E-state index contributed by atoms with van der Waals surface area (Å²) >= 11 is 0. The van der Waals surface area contributed by atoms with Crippen molar-refractivity contribution in [1.29, 1.82) is 10.5 Å². The number of rotatable bonds is 8. The summed E-state index contributed by atoms with van der Waals surface area (Å²) in [6.07, 6.45) is 3.11. The summed E-state index contributed by atoms with van der Waals surface area (Å²) in [6, 6.07) is 6.11. The molecule has 0 saturated heterocycles. The Kier molecular flexibility index (Phi) is 8.01. The molecule has 24 heavy (non-hydrogen) atoms. The number of hydrogen-bond acceptors (Lipinski definition) is 6. The van der Waals surface area contributed by atoms with Crippen LogP contribution < -0.4 is 0 Å². The zero-order chi connectivity index (χ0) is 17.9. The normalized spacial score (nSPS) is 9.67. The van der Waals surface area contributed by atoms with E-state index in [-0.39, 0.29) is 35.5 Å². The second-order valence-electron chi connectivity index (χ2n) is 5.15. The highest BCUT2D eigenvalue weighted by Crippen LogP contribution is 2.19. The van der Waals surface area contributed by atoms with Gasteiger partial charge in [-0.2, -0.15) is 10.5 Å². The van der Waals surface area contributed by atoms with Crippen LogP contribution in [0.1, 0.15) is 71.4 Å². The van der Waals surface area contributed by atoms with Crippen molar-refractivity contribution >= 4 is 11.9 Å². The molecule has 0 radical (unpaired) electrons. The van der Waals surface area contributed by atoms with Gasteiger partial charge in [-0.25, -0.2) is 9.59 Å². The summed E-state index contributed by atoms with van der Waals surface area (Å²) in [6.45, 7) is 4.36. The van der Waals surface area contributed by atoms with E-state index in [0.29, 0.717) is 12.8 Å². The van der Waals surface area contributed by atoms with Gasteiger partial charge in [-0.15, -0.1) is 0 Å². The minimum absolute atomic E-state index is 0.0186. The molecule has 0 bridgehead atoms. The van der Waals surface area contributed by atoms with E-state index in [9.17, 15) is 9.59 Å². The minimum atomic E-state index is -0.702. The van der Waals surface area contributed by atoms with E-state index in [1.165, 1.54) is 12.1 Å². The summed E-state index contributed by atoms with van der Waals surface area (Å²) < 4.78 is 10.2. The molecule has 0 fully saturated rings. The molecule has 0 unspecified atom stereocenters. The average Bonchev–Trinajstić information content (AvgIpc) is 2.60. The zero-order valence-corrected chi connectivity index (χ0v) is 13.9. The van der Waals surface area contributed by atoms with Gasteiger partial charge in [-0.1, -0.05) is 26.7 Å². The monoisotopic (exact) mass is 328 g/mol. The lowest BCUT2D eigenvalue weighted by atomic mass is 9.99. The standard InChI is InChI=1S/C18H20N2O4/c1-3-5-7-23-17(21)15-9-13(11-19)14(12-20)10-16(15)18(22)24-8-6-4-2/h9-10H,3-8H2,1-2H3. The van der Waals surface area contributed by atoms with Crippen LogP contribution in [-0.4, -0.2) is 25.2 Å². The molecular weight excluding hydrogens is 308 g/mol. The van der Waals surface area contributed by atoms with Gasteiger partial charge in [0.05, 0.1) is 35.5 Å². The lowest BCUT2D eigenvalue weighted by Crippen LogP contribution is -2.16. The van der Waals surface area contributed by atoms with Crippen LogP contribution in [0.5, 0.6) is 0 Å². The van der Waals surface area contributed by atoms with Crippen molar-refractivity contribution in [2.24, 2.45) is 0 Å². The lowest BCUT2D eigenvalue weighted by molar-refractivity contribution is 0.0452. The summed E-state index contributed by atoms with van der Waals surface area (Å²) in [7, 11) is 0. The van der Waals surface area contributed by atoms with Gasteiger partial charge >= 0.3 is 11.9 Å². The molecule has 126 valence electrons. The molecular formula is C18H20N2O4. The van der Waals surface area contributed by atoms with E-state index in [1.807, 2.05) is 26.0 Å². The fraction of sp³-hybridized carbons (Fsp3) is 0.444. The predicted octanol–water partition coefficient (Wildman–Crippen LogP) is 3.34. The smallest absolute Gasteiger partial charge is 0.339 e. The molecule has 0 amide bonds. The molecule has 0 aliphatic rings. The minimum Gasteiger partial charge on any atom is -0.462 e. The first kappa shape index (κ1) is 19.2. The Morgan fingerprint density at radius 1 is 0.875 bits per heavy atom. The SMILES string of the molecule is CCCCOC(=O)c1cc(C#N)c(C#N)cc1C(=O)OCCCC. The second kappa shape index (κ2) is 10.0. The van der Waals surface area contributed by atoms with Gasteiger partial charge in [0.25, 0.3) is 0 Å². The van der Waals surface area contributed by atoms with Crippen molar-refractivity contribution in [3.05, 3.63) is 34.4 Å². The molecule has 1 aromatic carbocycles. The third-order valence-corrected chi connectivity index (χ3v) is 3.30. The van der Waals surface area contributed by atoms with E-state index in [0.717, 1.165) is 12.8 Å². The van der Waals surface area contributed by atoms with E-state index in [4.69, 9.17) is 20.0 Å². The summed E-state index contributed by atoms with van der Waals surface area (Å²) in [5.41, 5.74) is -0.0681. The third-order valence-electron chi connectivity index (χ3n) is 3.30. The van der Waals surface area contributed by atoms with Gasteiger partial charge < -0.3 is 9.47 Å². The van der Waals surface area contributed by atoms with Crippen LogP contribution in [0.15, 0.2) is 12.1 Å². The molecule has 0 N–H and O–H groups in total. The number of hydrogen-bond donors (Lipinski definition) is 0. The molecule has 6 heteroatoms. The lowest BCUT2D eigenvalue weighted by Gasteiger charge is -2.11. The molecule has 0 spiro atoms. The van der Waals surface area contributed by atoms with Crippen LogP contribution in [0.4, 0.5) is 0 Å². The van der Waals surface area contributed by atoms with Crippen molar-refractivity contribution < 1.29 is 19.1 Å².